The molecular weight excluding hydrogens is 463 g/mol. The maximum absolute atomic E-state index is 5.33. The number of rotatable bonds is 9. The van der Waals surface area contributed by atoms with Crippen molar-refractivity contribution in [3.63, 3.8) is 0 Å². The molecule has 1 aromatic rings. The Labute approximate surface area is 188 Å². The molecule has 0 saturated carbocycles. The fraction of sp³-hybridized carbons (Fsp3) is 0.682. The van der Waals surface area contributed by atoms with Gasteiger partial charge in [-0.2, -0.15) is 0 Å². The molecule has 2 N–H and O–H groups in total. The fourth-order valence-electron chi connectivity index (χ4n) is 4.02. The first-order chi connectivity index (χ1) is 13.1. The summed E-state index contributed by atoms with van der Waals surface area (Å²) in [6.45, 7) is 10.6. The molecule has 0 radical (unpaired) electrons. The summed E-state index contributed by atoms with van der Waals surface area (Å²) >= 11 is 0. The van der Waals surface area contributed by atoms with Crippen LogP contribution in [0.1, 0.15) is 51.6 Å². The Morgan fingerprint density at radius 1 is 1.29 bits per heavy atom. The van der Waals surface area contributed by atoms with E-state index in [9.17, 15) is 0 Å². The summed E-state index contributed by atoms with van der Waals surface area (Å²) in [6.07, 6.45) is 3.30. The molecule has 2 unspecified atom stereocenters. The zero-order valence-electron chi connectivity index (χ0n) is 18.2. The molecule has 0 aromatic heterocycles. The number of halogens is 1. The highest BCUT2D eigenvalue weighted by molar-refractivity contribution is 14.0. The van der Waals surface area contributed by atoms with Crippen LogP contribution in [0.5, 0.6) is 0 Å². The summed E-state index contributed by atoms with van der Waals surface area (Å²) in [4.78, 5) is 6.90. The molecule has 0 aliphatic carbocycles. The molecular formula is C22H39IN4O. The Balaban J connectivity index is 0.00000392. The van der Waals surface area contributed by atoms with Crippen molar-refractivity contribution in [2.75, 3.05) is 40.4 Å². The average Bonchev–Trinajstić information content (AvgIpc) is 3.17. The van der Waals surface area contributed by atoms with Gasteiger partial charge in [0.2, 0.25) is 0 Å². The van der Waals surface area contributed by atoms with Gasteiger partial charge in [-0.05, 0) is 31.7 Å². The molecule has 2 atom stereocenters. The first-order valence-corrected chi connectivity index (χ1v) is 10.3. The molecule has 5 nitrogen and oxygen atoms in total. The molecule has 1 aromatic carbocycles. The maximum Gasteiger partial charge on any atom is 0.193 e. The summed E-state index contributed by atoms with van der Waals surface area (Å²) in [5.41, 5.74) is 1.37. The number of benzene rings is 1. The number of nitrogens with zero attached hydrogens (tertiary/aromatic N) is 2. The van der Waals surface area contributed by atoms with E-state index in [-0.39, 0.29) is 29.5 Å². The number of hydrogen-bond donors (Lipinski definition) is 2. The Hall–Kier alpha value is -0.860. The fourth-order valence-corrected chi connectivity index (χ4v) is 4.02. The highest BCUT2D eigenvalue weighted by Gasteiger charge is 2.30. The van der Waals surface area contributed by atoms with Gasteiger partial charge in [0.15, 0.2) is 5.96 Å². The van der Waals surface area contributed by atoms with Crippen LogP contribution < -0.4 is 10.6 Å². The van der Waals surface area contributed by atoms with E-state index in [4.69, 9.17) is 4.74 Å². The van der Waals surface area contributed by atoms with E-state index in [0.717, 1.165) is 45.0 Å². The molecule has 160 valence electrons. The number of guanidine groups is 1. The van der Waals surface area contributed by atoms with Crippen LogP contribution in [0, 0.1) is 5.92 Å². The molecule has 0 amide bonds. The number of hydrogen-bond acceptors (Lipinski definition) is 3. The molecule has 28 heavy (non-hydrogen) atoms. The van der Waals surface area contributed by atoms with Gasteiger partial charge in [0.1, 0.15) is 0 Å². The van der Waals surface area contributed by atoms with Crippen LogP contribution in [-0.2, 0) is 4.74 Å². The van der Waals surface area contributed by atoms with Gasteiger partial charge in [-0.15, -0.1) is 24.0 Å². The third-order valence-corrected chi connectivity index (χ3v) is 5.96. The molecule has 6 heteroatoms. The molecule has 1 fully saturated rings. The van der Waals surface area contributed by atoms with Gasteiger partial charge in [0.05, 0.1) is 6.61 Å². The van der Waals surface area contributed by atoms with Crippen molar-refractivity contribution in [1.29, 1.82) is 0 Å². The predicted octanol–water partition coefficient (Wildman–Crippen LogP) is 4.06. The minimum Gasteiger partial charge on any atom is -0.384 e. The quantitative estimate of drug-likeness (QED) is 0.304. The van der Waals surface area contributed by atoms with Crippen LogP contribution in [0.15, 0.2) is 35.3 Å². The van der Waals surface area contributed by atoms with Gasteiger partial charge < -0.3 is 20.3 Å². The van der Waals surface area contributed by atoms with Crippen molar-refractivity contribution >= 4 is 29.9 Å². The van der Waals surface area contributed by atoms with Crippen molar-refractivity contribution in [3.8, 4) is 0 Å². The highest BCUT2D eigenvalue weighted by atomic mass is 127. The number of nitrogens with one attached hydrogen (secondary N) is 2. The van der Waals surface area contributed by atoms with E-state index in [1.165, 1.54) is 12.0 Å². The lowest BCUT2D eigenvalue weighted by molar-refractivity contribution is 0.157. The van der Waals surface area contributed by atoms with E-state index in [1.807, 2.05) is 7.05 Å². The highest BCUT2D eigenvalue weighted by Crippen LogP contribution is 2.22. The van der Waals surface area contributed by atoms with E-state index in [1.54, 1.807) is 7.11 Å². The minimum absolute atomic E-state index is 0. The predicted molar refractivity (Wildman–Crippen MR) is 130 cm³/mol. The Bertz CT molecular complexity index is 577. The molecule has 1 heterocycles. The number of likely N-dealkylation sites (tertiary alicyclic amines) is 1. The van der Waals surface area contributed by atoms with E-state index >= 15 is 0 Å². The van der Waals surface area contributed by atoms with Gasteiger partial charge in [-0.25, -0.2) is 0 Å². The van der Waals surface area contributed by atoms with Gasteiger partial charge >= 0.3 is 0 Å². The monoisotopic (exact) mass is 502 g/mol. The second-order valence-corrected chi connectivity index (χ2v) is 7.72. The molecule has 0 bridgehead atoms. The van der Waals surface area contributed by atoms with Crippen LogP contribution in [0.4, 0.5) is 0 Å². The number of aliphatic imine (C=N–C) groups is 1. The summed E-state index contributed by atoms with van der Waals surface area (Å²) in [5.74, 6) is 1.61. The van der Waals surface area contributed by atoms with Crippen LogP contribution >= 0.6 is 24.0 Å². The normalized spacial score (nSPS) is 18.7. The van der Waals surface area contributed by atoms with Crippen LogP contribution in [0.2, 0.25) is 0 Å². The minimum atomic E-state index is 0. The topological polar surface area (TPSA) is 48.9 Å². The summed E-state index contributed by atoms with van der Waals surface area (Å²) < 4.78 is 5.33. The first-order valence-electron chi connectivity index (χ1n) is 10.3. The Morgan fingerprint density at radius 3 is 2.54 bits per heavy atom. The Morgan fingerprint density at radius 2 is 1.96 bits per heavy atom. The molecule has 1 aliphatic rings. The zero-order valence-corrected chi connectivity index (χ0v) is 20.5. The van der Waals surface area contributed by atoms with Gasteiger partial charge in [0.25, 0.3) is 0 Å². The third kappa shape index (κ3) is 6.88. The maximum atomic E-state index is 5.33. The van der Waals surface area contributed by atoms with Crippen LogP contribution in [-0.4, -0.2) is 56.8 Å². The van der Waals surface area contributed by atoms with Crippen LogP contribution in [0.25, 0.3) is 0 Å². The second kappa shape index (κ2) is 12.6. The smallest absolute Gasteiger partial charge is 0.193 e. The molecule has 2 rings (SSSR count). The van der Waals surface area contributed by atoms with Crippen molar-refractivity contribution < 1.29 is 4.74 Å². The van der Waals surface area contributed by atoms with Crippen LogP contribution in [0.3, 0.4) is 0 Å². The number of methoxy groups -OCH3 is 1. The average molecular weight is 502 g/mol. The van der Waals surface area contributed by atoms with Gasteiger partial charge in [-0.3, -0.25) is 4.99 Å². The van der Waals surface area contributed by atoms with Crippen molar-refractivity contribution in [1.82, 2.24) is 15.5 Å². The lowest BCUT2D eigenvalue weighted by Crippen LogP contribution is -2.55. The number of ether oxygens (including phenoxy) is 1. The summed E-state index contributed by atoms with van der Waals surface area (Å²) in [7, 11) is 3.66. The molecule has 0 spiro atoms. The Kier molecular flexibility index (Phi) is 11.4. The van der Waals surface area contributed by atoms with Gasteiger partial charge in [-0.1, -0.05) is 44.2 Å². The summed E-state index contributed by atoms with van der Waals surface area (Å²) in [6, 6.07) is 11.0. The van der Waals surface area contributed by atoms with E-state index in [0.29, 0.717) is 12.0 Å². The lowest BCUT2D eigenvalue weighted by atomic mass is 9.90. The summed E-state index contributed by atoms with van der Waals surface area (Å²) in [5, 5.41) is 7.54. The van der Waals surface area contributed by atoms with Crippen molar-refractivity contribution in [2.45, 2.75) is 51.6 Å². The third-order valence-electron chi connectivity index (χ3n) is 5.96. The van der Waals surface area contributed by atoms with Gasteiger partial charge in [0, 0.05) is 51.3 Å². The van der Waals surface area contributed by atoms with E-state index in [2.05, 4.69) is 71.6 Å². The molecule has 1 aliphatic heterocycles. The van der Waals surface area contributed by atoms with Crippen molar-refractivity contribution in [3.05, 3.63) is 35.9 Å². The lowest BCUT2D eigenvalue weighted by Gasteiger charge is -2.37. The zero-order chi connectivity index (χ0) is 19.7. The largest absolute Gasteiger partial charge is 0.384 e. The second-order valence-electron chi connectivity index (χ2n) is 7.72. The molecule has 1 saturated heterocycles. The standard InChI is InChI=1S/C22H38N4O.HI/c1-6-22(7-2,25-18(3)20-11-9-8-10-12-20)17-24-21(23-4)26-14-13-19(15-26)16-27-5;/h8-12,18-19,25H,6-7,13-17H2,1-5H3,(H,23,24);1H. The first kappa shape index (κ1) is 25.2. The van der Waals surface area contributed by atoms with Crippen molar-refractivity contribution in [2.24, 2.45) is 10.9 Å². The SMILES string of the molecule is CCC(CC)(CNC(=NC)N1CCC(COC)C1)NC(C)c1ccccc1.I. The van der Waals surface area contributed by atoms with E-state index < -0.39 is 0 Å².